The van der Waals surface area contributed by atoms with Crippen LogP contribution in [0.3, 0.4) is 0 Å². The first-order chi connectivity index (χ1) is 16.5. The Morgan fingerprint density at radius 2 is 1.76 bits per heavy atom. The molecule has 0 unspecified atom stereocenters. The monoisotopic (exact) mass is 455 g/mol. The average molecular weight is 456 g/mol. The Bertz CT molecular complexity index is 1320. The van der Waals surface area contributed by atoms with Gasteiger partial charge in [-0.2, -0.15) is 5.26 Å². The van der Waals surface area contributed by atoms with Crippen LogP contribution < -0.4 is 4.74 Å². The molecule has 0 atom stereocenters. The van der Waals surface area contributed by atoms with Gasteiger partial charge in [0.25, 0.3) is 0 Å². The van der Waals surface area contributed by atoms with Crippen molar-refractivity contribution in [3.63, 3.8) is 0 Å². The molecule has 0 radical (unpaired) electrons. The number of likely N-dealkylation sites (tertiary alicyclic amines) is 1. The second-order valence-corrected chi connectivity index (χ2v) is 8.51. The molecule has 0 amide bonds. The molecule has 174 valence electrons. The number of fused-ring (bicyclic) bond motifs is 1. The highest BCUT2D eigenvalue weighted by molar-refractivity contribution is 5.86. The van der Waals surface area contributed by atoms with Gasteiger partial charge in [0.1, 0.15) is 17.0 Å². The zero-order valence-electron chi connectivity index (χ0n) is 19.8. The van der Waals surface area contributed by atoms with Crippen molar-refractivity contribution in [3.8, 4) is 40.0 Å². The molecule has 1 aliphatic heterocycles. The lowest BCUT2D eigenvalue weighted by molar-refractivity contribution is 0.277. The summed E-state index contributed by atoms with van der Waals surface area (Å²) < 4.78 is 7.46. The molecule has 34 heavy (non-hydrogen) atoms. The fraction of sp³-hybridized carbons (Fsp3) is 0.296. The van der Waals surface area contributed by atoms with Gasteiger partial charge in [-0.1, -0.05) is 18.6 Å². The Morgan fingerprint density at radius 1 is 1.03 bits per heavy atom. The van der Waals surface area contributed by atoms with Crippen molar-refractivity contribution in [2.45, 2.75) is 26.2 Å². The largest absolute Gasteiger partial charge is 0.506 e. The van der Waals surface area contributed by atoms with Crippen LogP contribution in [0.25, 0.3) is 27.9 Å². The first kappa shape index (κ1) is 23.3. The second-order valence-electron chi connectivity index (χ2n) is 8.51. The maximum Gasteiger partial charge on any atom is 0.145 e. The number of hydrogen-bond acceptors (Lipinski definition) is 6. The molecule has 1 saturated heterocycles. The lowest BCUT2D eigenvalue weighted by atomic mass is 9.98. The van der Waals surface area contributed by atoms with Gasteiger partial charge in [0.2, 0.25) is 0 Å². The molecule has 3 aromatic heterocycles. The second kappa shape index (κ2) is 10.4. The van der Waals surface area contributed by atoms with Gasteiger partial charge in [0.15, 0.2) is 0 Å². The molecule has 1 N–H and O–H groups in total. The summed E-state index contributed by atoms with van der Waals surface area (Å²) in [4.78, 5) is 10.9. The zero-order valence-corrected chi connectivity index (χ0v) is 19.8. The molecule has 1 aliphatic rings. The molecule has 1 aromatic carbocycles. The number of ether oxygens (including phenoxy) is 1. The number of nitriles is 1. The number of aromatic nitrogens is 3. The molecule has 4 heterocycles. The molecule has 7 nitrogen and oxygen atoms in total. The molecule has 0 saturated carbocycles. The topological polar surface area (TPSA) is 86.7 Å². The minimum absolute atomic E-state index is 0.127. The van der Waals surface area contributed by atoms with Crippen LogP contribution >= 0.6 is 0 Å². The van der Waals surface area contributed by atoms with Gasteiger partial charge in [-0.25, -0.2) is 4.98 Å². The van der Waals surface area contributed by atoms with Crippen LogP contribution in [0.5, 0.6) is 11.5 Å². The molecule has 7 heteroatoms. The van der Waals surface area contributed by atoms with Crippen LogP contribution in [0.15, 0.2) is 55.1 Å². The highest BCUT2D eigenvalue weighted by Gasteiger charge is 2.17. The van der Waals surface area contributed by atoms with Crippen LogP contribution in [0.4, 0.5) is 0 Å². The standard InChI is InChI=1S/C21H16N4O2.C6H13N/c1-13-19(26)7-16(10-24-13)21-17(15-5-3-14(9-22)4-6-15)8-20(27-2)18-11-23-12-25(18)21;1-7-5-3-2-4-6-7/h3-8,10-12,26H,1-2H3;2-6H2,1H3. The number of pyridine rings is 2. The highest BCUT2D eigenvalue weighted by Crippen LogP contribution is 2.38. The van der Waals surface area contributed by atoms with Crippen LogP contribution in [0, 0.1) is 18.3 Å². The third kappa shape index (κ3) is 4.87. The summed E-state index contributed by atoms with van der Waals surface area (Å²) in [6, 6.07) is 13.1. The first-order valence-corrected chi connectivity index (χ1v) is 11.4. The first-order valence-electron chi connectivity index (χ1n) is 11.4. The van der Waals surface area contributed by atoms with Gasteiger partial charge < -0.3 is 14.7 Å². The number of piperidine rings is 1. The average Bonchev–Trinajstić information content (AvgIpc) is 3.36. The van der Waals surface area contributed by atoms with Crippen molar-refractivity contribution < 1.29 is 9.84 Å². The van der Waals surface area contributed by atoms with Crippen LogP contribution in [0.1, 0.15) is 30.5 Å². The third-order valence-corrected chi connectivity index (χ3v) is 6.12. The smallest absolute Gasteiger partial charge is 0.145 e. The predicted molar refractivity (Wildman–Crippen MR) is 133 cm³/mol. The number of nitrogens with zero attached hydrogens (tertiary/aromatic N) is 5. The van der Waals surface area contributed by atoms with Gasteiger partial charge in [0, 0.05) is 17.3 Å². The Kier molecular flexibility index (Phi) is 7.09. The van der Waals surface area contributed by atoms with Crippen molar-refractivity contribution in [2.75, 3.05) is 27.2 Å². The number of methoxy groups -OCH3 is 1. The number of aromatic hydroxyl groups is 1. The van der Waals surface area contributed by atoms with E-state index in [1.165, 1.54) is 32.4 Å². The summed E-state index contributed by atoms with van der Waals surface area (Å²) >= 11 is 0. The van der Waals surface area contributed by atoms with Crippen molar-refractivity contribution >= 4 is 5.52 Å². The van der Waals surface area contributed by atoms with Crippen molar-refractivity contribution in [3.05, 3.63) is 66.4 Å². The van der Waals surface area contributed by atoms with E-state index in [4.69, 9.17) is 10.00 Å². The maximum atomic E-state index is 10.2. The molecule has 0 aliphatic carbocycles. The van der Waals surface area contributed by atoms with Crippen molar-refractivity contribution in [1.82, 2.24) is 19.3 Å². The van der Waals surface area contributed by atoms with Gasteiger partial charge in [-0.05, 0) is 69.7 Å². The van der Waals surface area contributed by atoms with Crippen molar-refractivity contribution in [2.24, 2.45) is 0 Å². The molecule has 0 bridgehead atoms. The van der Waals surface area contributed by atoms with Gasteiger partial charge in [0.05, 0.1) is 42.7 Å². The van der Waals surface area contributed by atoms with E-state index >= 15 is 0 Å². The Balaban J connectivity index is 0.000000336. The lowest BCUT2D eigenvalue weighted by Gasteiger charge is -2.20. The van der Waals surface area contributed by atoms with Gasteiger partial charge in [-0.15, -0.1) is 0 Å². The Hall–Kier alpha value is -3.89. The molecular weight excluding hydrogens is 426 g/mol. The van der Waals surface area contributed by atoms with E-state index in [0.717, 1.165) is 27.9 Å². The minimum Gasteiger partial charge on any atom is -0.506 e. The number of imidazole rings is 1. The summed E-state index contributed by atoms with van der Waals surface area (Å²) in [5.41, 5.74) is 5.34. The van der Waals surface area contributed by atoms with E-state index in [1.54, 1.807) is 51.0 Å². The highest BCUT2D eigenvalue weighted by atomic mass is 16.5. The van der Waals surface area contributed by atoms with Crippen LogP contribution in [-0.2, 0) is 0 Å². The van der Waals surface area contributed by atoms with Gasteiger partial charge in [-0.3, -0.25) is 9.38 Å². The Labute approximate surface area is 199 Å². The normalized spacial score (nSPS) is 13.7. The van der Waals surface area contributed by atoms with Gasteiger partial charge >= 0.3 is 0 Å². The fourth-order valence-corrected chi connectivity index (χ4v) is 4.16. The maximum absolute atomic E-state index is 10.2. The third-order valence-electron chi connectivity index (χ3n) is 6.12. The quantitative estimate of drug-likeness (QED) is 0.465. The minimum atomic E-state index is 0.127. The van der Waals surface area contributed by atoms with Crippen LogP contribution in [0.2, 0.25) is 0 Å². The number of rotatable bonds is 3. The molecule has 1 fully saturated rings. The zero-order chi connectivity index (χ0) is 24.1. The van der Waals surface area contributed by atoms with E-state index < -0.39 is 0 Å². The summed E-state index contributed by atoms with van der Waals surface area (Å²) in [5.74, 6) is 0.808. The van der Waals surface area contributed by atoms with E-state index in [1.807, 2.05) is 22.6 Å². The van der Waals surface area contributed by atoms with E-state index in [0.29, 0.717) is 17.0 Å². The number of hydrogen-bond donors (Lipinski definition) is 1. The molecule has 5 rings (SSSR count). The van der Waals surface area contributed by atoms with E-state index in [-0.39, 0.29) is 5.75 Å². The van der Waals surface area contributed by atoms with E-state index in [9.17, 15) is 5.11 Å². The molecular formula is C27H29N5O2. The molecule has 4 aromatic rings. The summed E-state index contributed by atoms with van der Waals surface area (Å²) in [7, 11) is 3.81. The fourth-order valence-electron chi connectivity index (χ4n) is 4.16. The van der Waals surface area contributed by atoms with E-state index in [2.05, 4.69) is 28.0 Å². The predicted octanol–water partition coefficient (Wildman–Crippen LogP) is 5.06. The van der Waals surface area contributed by atoms with Crippen LogP contribution in [-0.4, -0.2) is 51.6 Å². The summed E-state index contributed by atoms with van der Waals surface area (Å²) in [5, 5.41) is 19.2. The number of benzene rings is 1. The molecule has 0 spiro atoms. The summed E-state index contributed by atoms with van der Waals surface area (Å²) in [6.07, 6.45) is 9.43. The SMILES string of the molecule is CN1CCCCC1.COc1cc(-c2ccc(C#N)cc2)c(-c2cnc(C)c(O)c2)n2cncc12. The lowest BCUT2D eigenvalue weighted by Crippen LogP contribution is -2.24. The number of aryl methyl sites for hydroxylation is 1. The Morgan fingerprint density at radius 3 is 2.35 bits per heavy atom. The van der Waals surface area contributed by atoms with Crippen molar-refractivity contribution in [1.29, 1.82) is 5.26 Å². The summed E-state index contributed by atoms with van der Waals surface area (Å²) in [6.45, 7) is 4.39.